The van der Waals surface area contributed by atoms with Gasteiger partial charge in [0.25, 0.3) is 0 Å². The number of hydrogen-bond donors (Lipinski definition) is 0. The first-order valence-corrected chi connectivity index (χ1v) is 5.93. The van der Waals surface area contributed by atoms with E-state index in [9.17, 15) is 0 Å². The summed E-state index contributed by atoms with van der Waals surface area (Å²) >= 11 is 5.61. The van der Waals surface area contributed by atoms with Gasteiger partial charge in [-0.05, 0) is 6.42 Å². The molecule has 5 heteroatoms. The van der Waals surface area contributed by atoms with E-state index in [1.165, 1.54) is 6.42 Å². The first-order chi connectivity index (χ1) is 7.36. The van der Waals surface area contributed by atoms with Gasteiger partial charge in [-0.25, -0.2) is 4.68 Å². The van der Waals surface area contributed by atoms with E-state index >= 15 is 0 Å². The maximum Gasteiger partial charge on any atom is 0.0839 e. The highest BCUT2D eigenvalue weighted by Crippen LogP contribution is 1.96. The maximum absolute atomic E-state index is 5.61. The van der Waals surface area contributed by atoms with Crippen LogP contribution in [0.3, 0.4) is 0 Å². The lowest BCUT2D eigenvalue weighted by Crippen LogP contribution is -2.07. The van der Waals surface area contributed by atoms with Gasteiger partial charge in [0.1, 0.15) is 0 Å². The molecular weight excluding hydrogens is 214 g/mol. The lowest BCUT2D eigenvalue weighted by atomic mass is 10.4. The third-order valence-electron chi connectivity index (χ3n) is 2.04. The van der Waals surface area contributed by atoms with Crippen LogP contribution in [0.4, 0.5) is 0 Å². The fourth-order valence-electron chi connectivity index (χ4n) is 1.17. The summed E-state index contributed by atoms with van der Waals surface area (Å²) in [6.07, 6.45) is 4.99. The minimum Gasteiger partial charge on any atom is -0.380 e. The molecule has 0 aliphatic rings. The van der Waals surface area contributed by atoms with E-state index in [1.54, 1.807) is 4.68 Å². The molecule has 15 heavy (non-hydrogen) atoms. The lowest BCUT2D eigenvalue weighted by molar-refractivity contribution is 0.120. The number of alkyl halides is 1. The van der Waals surface area contributed by atoms with Crippen molar-refractivity contribution in [2.24, 2.45) is 0 Å². The first-order valence-electron chi connectivity index (χ1n) is 5.39. The monoisotopic (exact) mass is 231 g/mol. The van der Waals surface area contributed by atoms with Gasteiger partial charge < -0.3 is 4.74 Å². The summed E-state index contributed by atoms with van der Waals surface area (Å²) in [7, 11) is 0. The maximum atomic E-state index is 5.61. The SMILES string of the molecule is CCCCOCCn1cc(CCCl)nn1. The van der Waals surface area contributed by atoms with Crippen molar-refractivity contribution in [3.63, 3.8) is 0 Å². The summed E-state index contributed by atoms with van der Waals surface area (Å²) in [6, 6.07) is 0. The van der Waals surface area contributed by atoms with Gasteiger partial charge >= 0.3 is 0 Å². The molecule has 1 rings (SSSR count). The number of aryl methyl sites for hydroxylation is 1. The van der Waals surface area contributed by atoms with Crippen molar-refractivity contribution in [1.82, 2.24) is 15.0 Å². The quantitative estimate of drug-likeness (QED) is 0.507. The average molecular weight is 232 g/mol. The molecule has 0 saturated carbocycles. The largest absolute Gasteiger partial charge is 0.380 e. The van der Waals surface area contributed by atoms with Gasteiger partial charge in [-0.15, -0.1) is 16.7 Å². The Morgan fingerprint density at radius 3 is 3.07 bits per heavy atom. The standard InChI is InChI=1S/C10H18ClN3O/c1-2-3-7-15-8-6-14-9-10(4-5-11)12-13-14/h9H,2-8H2,1H3. The second-order valence-corrected chi connectivity index (χ2v) is 3.76. The van der Waals surface area contributed by atoms with E-state index in [0.717, 1.165) is 31.7 Å². The Kier molecular flexibility index (Phi) is 6.36. The minimum absolute atomic E-state index is 0.589. The zero-order chi connectivity index (χ0) is 10.9. The molecule has 0 spiro atoms. The second-order valence-electron chi connectivity index (χ2n) is 3.38. The molecule has 0 aromatic carbocycles. The van der Waals surface area contributed by atoms with E-state index in [-0.39, 0.29) is 0 Å². The Balaban J connectivity index is 2.14. The topological polar surface area (TPSA) is 39.9 Å². The summed E-state index contributed by atoms with van der Waals surface area (Å²) in [6.45, 7) is 4.45. The number of hydrogen-bond acceptors (Lipinski definition) is 3. The van der Waals surface area contributed by atoms with Crippen molar-refractivity contribution in [3.05, 3.63) is 11.9 Å². The fourth-order valence-corrected chi connectivity index (χ4v) is 1.36. The van der Waals surface area contributed by atoms with Gasteiger partial charge in [-0.1, -0.05) is 18.6 Å². The van der Waals surface area contributed by atoms with Crippen molar-refractivity contribution in [1.29, 1.82) is 0 Å². The van der Waals surface area contributed by atoms with E-state index in [4.69, 9.17) is 16.3 Å². The Bertz CT molecular complexity index is 265. The lowest BCUT2D eigenvalue weighted by Gasteiger charge is -2.02. The fraction of sp³-hybridized carbons (Fsp3) is 0.800. The van der Waals surface area contributed by atoms with E-state index in [1.807, 2.05) is 6.20 Å². The molecule has 0 N–H and O–H groups in total. The third-order valence-corrected chi connectivity index (χ3v) is 2.23. The van der Waals surface area contributed by atoms with Crippen LogP contribution in [0.15, 0.2) is 6.20 Å². The molecule has 0 amide bonds. The summed E-state index contributed by atoms with van der Waals surface area (Å²) in [4.78, 5) is 0. The molecule has 0 radical (unpaired) electrons. The Morgan fingerprint density at radius 1 is 1.47 bits per heavy atom. The number of halogens is 1. The van der Waals surface area contributed by atoms with E-state index in [0.29, 0.717) is 12.5 Å². The van der Waals surface area contributed by atoms with E-state index in [2.05, 4.69) is 17.2 Å². The highest BCUT2D eigenvalue weighted by Gasteiger charge is 1.99. The number of ether oxygens (including phenoxy) is 1. The minimum atomic E-state index is 0.589. The summed E-state index contributed by atoms with van der Waals surface area (Å²) in [5.41, 5.74) is 0.943. The van der Waals surface area contributed by atoms with Crippen molar-refractivity contribution >= 4 is 11.6 Å². The molecule has 0 fully saturated rings. The number of nitrogens with zero attached hydrogens (tertiary/aromatic N) is 3. The van der Waals surface area contributed by atoms with Crippen LogP contribution in [0.25, 0.3) is 0 Å². The third kappa shape index (κ3) is 5.14. The van der Waals surface area contributed by atoms with Gasteiger partial charge in [0.2, 0.25) is 0 Å². The van der Waals surface area contributed by atoms with Crippen molar-refractivity contribution < 1.29 is 4.74 Å². The molecule has 4 nitrogen and oxygen atoms in total. The molecule has 86 valence electrons. The van der Waals surface area contributed by atoms with Crippen molar-refractivity contribution in [2.45, 2.75) is 32.7 Å². The predicted molar refractivity (Wildman–Crippen MR) is 60.2 cm³/mol. The Hall–Kier alpha value is -0.610. The molecule has 0 atom stereocenters. The Labute approximate surface area is 95.6 Å². The molecule has 0 aliphatic heterocycles. The van der Waals surface area contributed by atoms with Gasteiger partial charge in [0.15, 0.2) is 0 Å². The van der Waals surface area contributed by atoms with Gasteiger partial charge in [0.05, 0.1) is 18.8 Å². The van der Waals surface area contributed by atoms with Gasteiger partial charge in [0, 0.05) is 25.1 Å². The molecule has 1 aromatic rings. The normalized spacial score (nSPS) is 10.8. The zero-order valence-corrected chi connectivity index (χ0v) is 9.91. The summed E-state index contributed by atoms with van der Waals surface area (Å²) in [5, 5.41) is 7.97. The van der Waals surface area contributed by atoms with Crippen LogP contribution in [0.1, 0.15) is 25.5 Å². The highest BCUT2D eigenvalue weighted by atomic mass is 35.5. The second kappa shape index (κ2) is 7.65. The van der Waals surface area contributed by atoms with Gasteiger partial charge in [-0.3, -0.25) is 0 Å². The molecule has 1 aromatic heterocycles. The van der Waals surface area contributed by atoms with Crippen LogP contribution in [0.5, 0.6) is 0 Å². The van der Waals surface area contributed by atoms with Crippen molar-refractivity contribution in [3.8, 4) is 0 Å². The zero-order valence-electron chi connectivity index (χ0n) is 9.15. The predicted octanol–water partition coefficient (Wildman–Crippen LogP) is 1.88. The average Bonchev–Trinajstić information content (AvgIpc) is 2.66. The molecular formula is C10H18ClN3O. The van der Waals surface area contributed by atoms with Crippen LogP contribution in [0, 0.1) is 0 Å². The van der Waals surface area contributed by atoms with Crippen LogP contribution in [-0.2, 0) is 17.7 Å². The highest BCUT2D eigenvalue weighted by molar-refractivity contribution is 6.17. The molecule has 0 saturated heterocycles. The van der Waals surface area contributed by atoms with Gasteiger partial charge in [-0.2, -0.15) is 0 Å². The van der Waals surface area contributed by atoms with Crippen LogP contribution >= 0.6 is 11.6 Å². The summed E-state index contributed by atoms with van der Waals surface area (Å²) < 4.78 is 7.23. The molecule has 0 unspecified atom stereocenters. The molecule has 0 aliphatic carbocycles. The number of aromatic nitrogens is 3. The number of unbranched alkanes of at least 4 members (excludes halogenated alkanes) is 1. The van der Waals surface area contributed by atoms with Crippen LogP contribution in [-0.4, -0.2) is 34.1 Å². The van der Waals surface area contributed by atoms with Crippen molar-refractivity contribution in [2.75, 3.05) is 19.1 Å². The first kappa shape index (κ1) is 12.5. The Morgan fingerprint density at radius 2 is 2.33 bits per heavy atom. The summed E-state index contributed by atoms with van der Waals surface area (Å²) in [5.74, 6) is 0.589. The molecule has 1 heterocycles. The smallest absolute Gasteiger partial charge is 0.0839 e. The van der Waals surface area contributed by atoms with E-state index < -0.39 is 0 Å². The van der Waals surface area contributed by atoms with Crippen LogP contribution in [0.2, 0.25) is 0 Å². The molecule has 0 bridgehead atoms. The number of rotatable bonds is 8. The van der Waals surface area contributed by atoms with Crippen LogP contribution < -0.4 is 0 Å².